The quantitative estimate of drug-likeness (QED) is 0.0267. The van der Waals surface area contributed by atoms with Gasteiger partial charge in [-0.2, -0.15) is 0 Å². The third-order valence-electron chi connectivity index (χ3n) is 11.5. The largest absolute Gasteiger partial charge is 0.302 e. The van der Waals surface area contributed by atoms with Crippen molar-refractivity contribution < 1.29 is 14.4 Å². The Labute approximate surface area is 355 Å². The lowest BCUT2D eigenvalue weighted by Gasteiger charge is -2.25. The second-order valence-corrected chi connectivity index (χ2v) is 16.9. The van der Waals surface area contributed by atoms with Crippen molar-refractivity contribution in [2.24, 2.45) is 5.41 Å². The van der Waals surface area contributed by atoms with Crippen LogP contribution in [0.5, 0.6) is 0 Å². The number of unbranched alkanes of at least 4 members (excludes halogenated alkanes) is 26. The Morgan fingerprint density at radius 3 is 0.947 bits per heavy atom. The van der Waals surface area contributed by atoms with E-state index < -0.39 is 5.41 Å². The number of hydrogen-bond donors (Lipinski definition) is 0. The lowest BCUT2D eigenvalue weighted by Crippen LogP contribution is -2.41. The predicted octanol–water partition coefficient (Wildman–Crippen LogP) is 17.6. The zero-order valence-corrected chi connectivity index (χ0v) is 38.2. The summed E-state index contributed by atoms with van der Waals surface area (Å²) >= 11 is 0. The monoisotopic (exact) mass is 791 g/mol. The van der Waals surface area contributed by atoms with Crippen molar-refractivity contribution in [3.8, 4) is 0 Å². The van der Waals surface area contributed by atoms with E-state index >= 15 is 0 Å². The summed E-state index contributed by atoms with van der Waals surface area (Å²) < 4.78 is 0. The van der Waals surface area contributed by atoms with Gasteiger partial charge in [-0.1, -0.05) is 197 Å². The molecular weight excluding hydrogens is 697 g/mol. The van der Waals surface area contributed by atoms with Crippen LogP contribution in [0.1, 0.15) is 258 Å². The zero-order valence-electron chi connectivity index (χ0n) is 38.2. The Morgan fingerprint density at radius 2 is 0.596 bits per heavy atom. The molecule has 0 aromatic carbocycles. The van der Waals surface area contributed by atoms with E-state index in [9.17, 15) is 14.4 Å². The van der Waals surface area contributed by atoms with Gasteiger partial charge in [-0.05, 0) is 109 Å². The SMILES string of the molecule is CCCCCC=CCC=CCCCCCCCC(=O)C(C=O)(CCCCCCC=CCCCCCCCC)C(=O)CCCCCCCC=CCC=CCCCCC. The molecule has 3 heteroatoms. The van der Waals surface area contributed by atoms with Crippen LogP contribution < -0.4 is 0 Å². The minimum Gasteiger partial charge on any atom is -0.302 e. The number of carbonyl (C=O) groups is 3. The molecule has 0 spiro atoms. The molecule has 0 heterocycles. The first-order chi connectivity index (χ1) is 28.1. The predicted molar refractivity (Wildman–Crippen MR) is 252 cm³/mol. The summed E-state index contributed by atoms with van der Waals surface area (Å²) in [4.78, 5) is 40.1. The number of rotatable bonds is 45. The van der Waals surface area contributed by atoms with Crippen LogP contribution in [0.4, 0.5) is 0 Å². The smallest absolute Gasteiger partial charge is 0.153 e. The first kappa shape index (κ1) is 54.7. The fourth-order valence-electron chi connectivity index (χ4n) is 7.56. The Kier molecular flexibility index (Phi) is 43.0. The first-order valence-electron chi connectivity index (χ1n) is 24.9. The molecule has 0 aliphatic heterocycles. The average molecular weight is 791 g/mol. The van der Waals surface area contributed by atoms with Gasteiger partial charge in [0, 0.05) is 12.8 Å². The molecule has 0 radical (unpaired) electrons. The molecule has 0 aromatic rings. The van der Waals surface area contributed by atoms with Crippen LogP contribution in [0.25, 0.3) is 0 Å². The molecule has 0 unspecified atom stereocenters. The average Bonchev–Trinajstić information content (AvgIpc) is 3.22. The molecule has 0 amide bonds. The summed E-state index contributed by atoms with van der Waals surface area (Å²) in [6.45, 7) is 6.75. The molecule has 0 aliphatic rings. The second-order valence-electron chi connectivity index (χ2n) is 16.9. The summed E-state index contributed by atoms with van der Waals surface area (Å²) in [6, 6.07) is 0. The molecule has 0 aromatic heterocycles. The van der Waals surface area contributed by atoms with Gasteiger partial charge in [0.1, 0.15) is 11.7 Å². The Bertz CT molecular complexity index is 985. The topological polar surface area (TPSA) is 51.2 Å². The maximum Gasteiger partial charge on any atom is 0.153 e. The molecule has 0 atom stereocenters. The Hall–Kier alpha value is -2.29. The Morgan fingerprint density at radius 1 is 0.333 bits per heavy atom. The van der Waals surface area contributed by atoms with Crippen LogP contribution in [-0.2, 0) is 14.4 Å². The van der Waals surface area contributed by atoms with E-state index in [-0.39, 0.29) is 11.6 Å². The fraction of sp³-hybridized carbons (Fsp3) is 0.759. The van der Waals surface area contributed by atoms with E-state index in [0.29, 0.717) is 19.3 Å². The van der Waals surface area contributed by atoms with Crippen molar-refractivity contribution >= 4 is 17.9 Å². The van der Waals surface area contributed by atoms with Crippen molar-refractivity contribution in [1.82, 2.24) is 0 Å². The van der Waals surface area contributed by atoms with Crippen molar-refractivity contribution in [3.05, 3.63) is 60.8 Å². The number of allylic oxidation sites excluding steroid dienone is 10. The standard InChI is InChI=1S/C54H94O3/c1-4-7-10-13-16-19-22-25-28-30-33-36-39-42-45-48-52(56)54(51-55,50-47-44-41-38-35-32-27-24-21-18-15-12-9-6-3)53(57)49-46-43-40-37-34-31-29-26-23-20-17-14-11-8-5-2/h16-17,19-20,25-29,32,51H,4-15,18,21-24,30-31,33-50H2,1-3H3. The highest BCUT2D eigenvalue weighted by Gasteiger charge is 2.43. The van der Waals surface area contributed by atoms with Crippen LogP contribution in [0.15, 0.2) is 60.8 Å². The lowest BCUT2D eigenvalue weighted by atomic mass is 9.73. The number of aldehydes is 1. The van der Waals surface area contributed by atoms with Crippen molar-refractivity contribution in [2.75, 3.05) is 0 Å². The summed E-state index contributed by atoms with van der Waals surface area (Å²) in [7, 11) is 0. The minimum atomic E-state index is -1.43. The highest BCUT2D eigenvalue weighted by molar-refractivity contribution is 6.18. The maximum atomic E-state index is 13.7. The highest BCUT2D eigenvalue weighted by Crippen LogP contribution is 2.31. The summed E-state index contributed by atoms with van der Waals surface area (Å²) in [5.41, 5.74) is -1.43. The summed E-state index contributed by atoms with van der Waals surface area (Å²) in [5, 5.41) is 0. The van der Waals surface area contributed by atoms with E-state index in [1.54, 1.807) is 0 Å². The van der Waals surface area contributed by atoms with Crippen LogP contribution in [-0.4, -0.2) is 17.9 Å². The van der Waals surface area contributed by atoms with E-state index in [2.05, 4.69) is 81.5 Å². The molecule has 3 nitrogen and oxygen atoms in total. The number of carbonyl (C=O) groups excluding carboxylic acids is 3. The lowest BCUT2D eigenvalue weighted by molar-refractivity contribution is -0.145. The van der Waals surface area contributed by atoms with Gasteiger partial charge in [-0.25, -0.2) is 0 Å². The van der Waals surface area contributed by atoms with Gasteiger partial charge >= 0.3 is 0 Å². The van der Waals surface area contributed by atoms with Gasteiger partial charge < -0.3 is 4.79 Å². The first-order valence-corrected chi connectivity index (χ1v) is 24.9. The molecule has 328 valence electrons. The molecule has 0 bridgehead atoms. The van der Waals surface area contributed by atoms with E-state index in [4.69, 9.17) is 0 Å². The number of ketones is 2. The molecule has 57 heavy (non-hydrogen) atoms. The normalized spacial score (nSPS) is 13.3. The van der Waals surface area contributed by atoms with Crippen molar-refractivity contribution in [3.63, 3.8) is 0 Å². The van der Waals surface area contributed by atoms with Crippen LogP contribution in [0, 0.1) is 5.41 Å². The fourth-order valence-corrected chi connectivity index (χ4v) is 7.56. The zero-order chi connectivity index (χ0) is 41.6. The summed E-state index contributed by atoms with van der Waals surface area (Å²) in [5.74, 6) is -0.234. The van der Waals surface area contributed by atoms with Crippen LogP contribution in [0.3, 0.4) is 0 Å². The van der Waals surface area contributed by atoms with Gasteiger partial charge in [0.25, 0.3) is 0 Å². The van der Waals surface area contributed by atoms with Crippen LogP contribution in [0.2, 0.25) is 0 Å². The molecule has 0 rings (SSSR count). The van der Waals surface area contributed by atoms with Gasteiger partial charge in [0.2, 0.25) is 0 Å². The molecule has 0 N–H and O–H groups in total. The van der Waals surface area contributed by atoms with Gasteiger partial charge in [0.05, 0.1) is 0 Å². The third kappa shape index (κ3) is 35.4. The Balaban J connectivity index is 4.67. The van der Waals surface area contributed by atoms with E-state index in [1.165, 1.54) is 109 Å². The van der Waals surface area contributed by atoms with E-state index in [0.717, 1.165) is 115 Å². The molecular formula is C54H94O3. The summed E-state index contributed by atoms with van der Waals surface area (Å²) in [6.07, 6.45) is 63.8. The molecule has 0 aliphatic carbocycles. The van der Waals surface area contributed by atoms with Crippen molar-refractivity contribution in [1.29, 1.82) is 0 Å². The molecule has 0 fully saturated rings. The van der Waals surface area contributed by atoms with Gasteiger partial charge in [-0.3, -0.25) is 9.59 Å². The van der Waals surface area contributed by atoms with E-state index in [1.807, 2.05) is 0 Å². The second kappa shape index (κ2) is 44.8. The van der Waals surface area contributed by atoms with Crippen molar-refractivity contribution in [2.45, 2.75) is 258 Å². The number of hydrogen-bond acceptors (Lipinski definition) is 3. The van der Waals surface area contributed by atoms with Gasteiger partial charge in [0.15, 0.2) is 11.6 Å². The molecule has 0 saturated carbocycles. The maximum absolute atomic E-state index is 13.7. The van der Waals surface area contributed by atoms with Crippen LogP contribution >= 0.6 is 0 Å². The third-order valence-corrected chi connectivity index (χ3v) is 11.5. The van der Waals surface area contributed by atoms with Gasteiger partial charge in [-0.15, -0.1) is 0 Å². The minimum absolute atomic E-state index is 0.117. The number of Topliss-reactive ketones (excluding diaryl/α,β-unsaturated/α-hetero) is 2. The molecule has 0 saturated heterocycles. The highest BCUT2D eigenvalue weighted by atomic mass is 16.2.